The lowest BCUT2D eigenvalue weighted by Gasteiger charge is -2.50. The van der Waals surface area contributed by atoms with E-state index in [1.165, 1.54) is 48.8 Å². The van der Waals surface area contributed by atoms with Gasteiger partial charge in [-0.3, -0.25) is 0 Å². The van der Waals surface area contributed by atoms with Crippen LogP contribution in [0.15, 0.2) is 35.8 Å². The largest absolute Gasteiger partial charge is 0.486 e. The molecule has 1 saturated carbocycles. The Balaban J connectivity index is 1.99. The van der Waals surface area contributed by atoms with Crippen molar-refractivity contribution in [2.75, 3.05) is 13.2 Å². The van der Waals surface area contributed by atoms with Crippen LogP contribution in [0, 0.1) is 18.3 Å². The second-order valence-electron chi connectivity index (χ2n) is 10.5. The zero-order valence-corrected chi connectivity index (χ0v) is 20.0. The summed E-state index contributed by atoms with van der Waals surface area (Å²) in [6, 6.07) is 2.16. The van der Waals surface area contributed by atoms with Gasteiger partial charge in [-0.25, -0.2) is 0 Å². The molecule has 4 rings (SSSR count). The van der Waals surface area contributed by atoms with Gasteiger partial charge in [-0.15, -0.1) is 0 Å². The zero-order chi connectivity index (χ0) is 22.4. The van der Waals surface area contributed by atoms with Crippen LogP contribution in [0.2, 0.25) is 0 Å². The highest BCUT2D eigenvalue weighted by Crippen LogP contribution is 2.60. The van der Waals surface area contributed by atoms with Gasteiger partial charge in [0.1, 0.15) is 24.6 Å². The Kier molecular flexibility index (Phi) is 5.74. The van der Waals surface area contributed by atoms with Gasteiger partial charge in [-0.05, 0) is 55.4 Å². The summed E-state index contributed by atoms with van der Waals surface area (Å²) in [6.45, 7) is 20.3. The van der Waals surface area contributed by atoms with Crippen LogP contribution in [0.1, 0.15) is 82.6 Å². The minimum absolute atomic E-state index is 0.110. The number of hydrogen-bond acceptors (Lipinski definition) is 3. The average Bonchev–Trinajstić information content (AvgIpc) is 3.06. The van der Waals surface area contributed by atoms with Gasteiger partial charge in [0.05, 0.1) is 0 Å². The lowest BCUT2D eigenvalue weighted by molar-refractivity contribution is 0.0504. The fourth-order valence-corrected chi connectivity index (χ4v) is 6.56. The van der Waals surface area contributed by atoms with Gasteiger partial charge in [0, 0.05) is 22.4 Å². The van der Waals surface area contributed by atoms with E-state index in [2.05, 4.69) is 53.8 Å². The molecule has 3 atom stereocenters. The molecule has 0 bridgehead atoms. The van der Waals surface area contributed by atoms with Gasteiger partial charge >= 0.3 is 0 Å². The Bertz CT molecular complexity index is 996. The molecule has 2 aliphatic carbocycles. The van der Waals surface area contributed by atoms with Crippen molar-refractivity contribution in [2.45, 2.75) is 78.1 Å². The number of ether oxygens (including phenoxy) is 2. The second-order valence-corrected chi connectivity index (χ2v) is 10.5. The molecule has 1 aromatic heterocycles. The van der Waals surface area contributed by atoms with E-state index in [4.69, 9.17) is 13.9 Å². The molecule has 1 aromatic carbocycles. The van der Waals surface area contributed by atoms with Crippen LogP contribution in [0.3, 0.4) is 0 Å². The molecular weight excluding hydrogens is 384 g/mol. The third-order valence-electron chi connectivity index (χ3n) is 7.99. The SMILES string of the molecule is C=CCOc1cc2c3c(oc2c(C)c1OCC=C)C(C)CC[C@@H]1C(C)(C)CCC[C@@]31C. The molecule has 1 fully saturated rings. The highest BCUT2D eigenvalue weighted by atomic mass is 16.5. The van der Waals surface area contributed by atoms with Crippen LogP contribution in [-0.4, -0.2) is 13.2 Å². The van der Waals surface area contributed by atoms with Crippen molar-refractivity contribution in [3.05, 3.63) is 48.3 Å². The molecule has 2 aromatic rings. The maximum Gasteiger partial charge on any atom is 0.168 e. The van der Waals surface area contributed by atoms with E-state index in [0.717, 1.165) is 22.6 Å². The Morgan fingerprint density at radius 2 is 1.81 bits per heavy atom. The third-order valence-corrected chi connectivity index (χ3v) is 7.99. The normalized spacial score (nSPS) is 27.1. The first kappa shape index (κ1) is 22.0. The number of hydrogen-bond donors (Lipinski definition) is 0. The van der Waals surface area contributed by atoms with Gasteiger partial charge in [-0.2, -0.15) is 0 Å². The van der Waals surface area contributed by atoms with Crippen molar-refractivity contribution in [1.29, 1.82) is 0 Å². The van der Waals surface area contributed by atoms with E-state index in [1.54, 1.807) is 12.2 Å². The minimum atomic E-state index is 0.110. The summed E-state index contributed by atoms with van der Waals surface area (Å²) >= 11 is 0. The van der Waals surface area contributed by atoms with Gasteiger partial charge < -0.3 is 13.9 Å². The molecule has 168 valence electrons. The van der Waals surface area contributed by atoms with E-state index in [9.17, 15) is 0 Å². The maximum atomic E-state index is 6.69. The summed E-state index contributed by atoms with van der Waals surface area (Å²) in [6.07, 6.45) is 9.75. The van der Waals surface area contributed by atoms with Crippen molar-refractivity contribution in [3.8, 4) is 11.5 Å². The summed E-state index contributed by atoms with van der Waals surface area (Å²) < 4.78 is 18.8. The first-order valence-corrected chi connectivity index (χ1v) is 11.8. The third kappa shape index (κ3) is 3.50. The number of fused-ring (bicyclic) bond motifs is 5. The molecule has 0 spiro atoms. The average molecular weight is 423 g/mol. The van der Waals surface area contributed by atoms with E-state index in [0.29, 0.717) is 30.5 Å². The van der Waals surface area contributed by atoms with Crippen LogP contribution in [0.5, 0.6) is 11.5 Å². The molecule has 0 radical (unpaired) electrons. The lowest BCUT2D eigenvalue weighted by Crippen LogP contribution is -2.44. The van der Waals surface area contributed by atoms with Gasteiger partial charge in [0.15, 0.2) is 11.5 Å². The fourth-order valence-electron chi connectivity index (χ4n) is 6.56. The van der Waals surface area contributed by atoms with E-state index < -0.39 is 0 Å². The Hall–Kier alpha value is -2.16. The number of furan rings is 1. The quantitative estimate of drug-likeness (QED) is 0.444. The molecule has 3 heteroatoms. The molecule has 2 aliphatic rings. The maximum absolute atomic E-state index is 6.69. The van der Waals surface area contributed by atoms with E-state index >= 15 is 0 Å². The zero-order valence-electron chi connectivity index (χ0n) is 20.0. The van der Waals surface area contributed by atoms with Crippen LogP contribution < -0.4 is 9.47 Å². The molecule has 0 N–H and O–H groups in total. The Morgan fingerprint density at radius 1 is 1.10 bits per heavy atom. The van der Waals surface area contributed by atoms with Gasteiger partial charge in [-0.1, -0.05) is 59.4 Å². The van der Waals surface area contributed by atoms with Gasteiger partial charge in [0.2, 0.25) is 0 Å². The van der Waals surface area contributed by atoms with E-state index in [-0.39, 0.29) is 5.41 Å². The van der Waals surface area contributed by atoms with Crippen molar-refractivity contribution in [1.82, 2.24) is 0 Å². The predicted octanol–water partition coefficient (Wildman–Crippen LogP) is 7.85. The smallest absolute Gasteiger partial charge is 0.168 e. The molecule has 31 heavy (non-hydrogen) atoms. The summed E-state index contributed by atoms with van der Waals surface area (Å²) in [4.78, 5) is 0. The number of benzene rings is 1. The van der Waals surface area contributed by atoms with Crippen molar-refractivity contribution in [2.24, 2.45) is 11.3 Å². The highest BCUT2D eigenvalue weighted by molar-refractivity contribution is 5.90. The van der Waals surface area contributed by atoms with E-state index in [1.807, 2.05) is 0 Å². The second kappa shape index (κ2) is 8.07. The summed E-state index contributed by atoms with van der Waals surface area (Å²) in [5.41, 5.74) is 3.83. The van der Waals surface area contributed by atoms with Crippen molar-refractivity contribution >= 4 is 11.0 Å². The Labute approximate surface area is 187 Å². The van der Waals surface area contributed by atoms with Gasteiger partial charge in [0.25, 0.3) is 0 Å². The lowest BCUT2D eigenvalue weighted by atomic mass is 9.53. The topological polar surface area (TPSA) is 31.6 Å². The standard InChI is InChI=1S/C28H38O3/c1-8-15-29-21-17-20-23-24(31-25(20)19(4)26(21)30-16-9-2)18(3)11-12-22-27(5,6)13-10-14-28(22,23)7/h8-9,17-18,22H,1-2,10-16H2,3-7H3/t18?,22-,28-/m1/s1. The first-order chi connectivity index (χ1) is 14.7. The van der Waals surface area contributed by atoms with Crippen molar-refractivity contribution in [3.63, 3.8) is 0 Å². The number of aryl methyl sites for hydroxylation is 1. The van der Waals surface area contributed by atoms with Crippen molar-refractivity contribution < 1.29 is 13.9 Å². The molecule has 0 amide bonds. The van der Waals surface area contributed by atoms with Crippen LogP contribution in [0.25, 0.3) is 11.0 Å². The molecule has 0 aliphatic heterocycles. The molecule has 1 unspecified atom stereocenters. The summed E-state index contributed by atoms with van der Waals surface area (Å²) in [5.74, 6) is 3.75. The summed E-state index contributed by atoms with van der Waals surface area (Å²) in [7, 11) is 0. The first-order valence-electron chi connectivity index (χ1n) is 11.8. The van der Waals surface area contributed by atoms with Crippen LogP contribution in [0.4, 0.5) is 0 Å². The monoisotopic (exact) mass is 422 g/mol. The molecule has 0 saturated heterocycles. The highest BCUT2D eigenvalue weighted by Gasteiger charge is 2.51. The molecule has 1 heterocycles. The fraction of sp³-hybridized carbons (Fsp3) is 0.571. The number of rotatable bonds is 6. The van der Waals surface area contributed by atoms with Crippen LogP contribution >= 0.6 is 0 Å². The molecular formula is C28H38O3. The van der Waals surface area contributed by atoms with Crippen LogP contribution in [-0.2, 0) is 5.41 Å². The Morgan fingerprint density at radius 3 is 2.52 bits per heavy atom. The molecule has 3 nitrogen and oxygen atoms in total. The summed E-state index contributed by atoms with van der Waals surface area (Å²) in [5, 5.41) is 1.21. The predicted molar refractivity (Wildman–Crippen MR) is 128 cm³/mol. The minimum Gasteiger partial charge on any atom is -0.486 e.